The van der Waals surface area contributed by atoms with Crippen LogP contribution in [0.2, 0.25) is 0 Å². The molecule has 0 saturated carbocycles. The van der Waals surface area contributed by atoms with E-state index in [2.05, 4.69) is 27.5 Å². The lowest BCUT2D eigenvalue weighted by Gasteiger charge is -2.10. The van der Waals surface area contributed by atoms with Crippen molar-refractivity contribution in [2.45, 2.75) is 26.8 Å². The second-order valence-corrected chi connectivity index (χ2v) is 5.37. The lowest BCUT2D eigenvalue weighted by molar-refractivity contribution is 0.145. The van der Waals surface area contributed by atoms with Crippen LogP contribution in [0.5, 0.6) is 0 Å². The van der Waals surface area contributed by atoms with Gasteiger partial charge in [-0.2, -0.15) is 0 Å². The van der Waals surface area contributed by atoms with E-state index in [9.17, 15) is 0 Å². The average molecular weight is 437 g/mol. The van der Waals surface area contributed by atoms with E-state index >= 15 is 0 Å². The zero-order chi connectivity index (χ0) is 14.9. The number of halogens is 1. The van der Waals surface area contributed by atoms with Gasteiger partial charge < -0.3 is 15.4 Å². The third-order valence-electron chi connectivity index (χ3n) is 2.85. The largest absolute Gasteiger partial charge is 0.382 e. The van der Waals surface area contributed by atoms with Crippen molar-refractivity contribution in [1.82, 2.24) is 20.0 Å². The maximum absolute atomic E-state index is 5.32. The van der Waals surface area contributed by atoms with Crippen LogP contribution in [-0.2, 0) is 11.3 Å². The van der Waals surface area contributed by atoms with Crippen molar-refractivity contribution < 1.29 is 4.74 Å². The molecule has 2 aromatic heterocycles. The number of fused-ring (bicyclic) bond motifs is 1. The fourth-order valence-electron chi connectivity index (χ4n) is 1.88. The minimum Gasteiger partial charge on any atom is -0.382 e. The molecule has 0 radical (unpaired) electrons. The first-order chi connectivity index (χ1) is 10.3. The van der Waals surface area contributed by atoms with Gasteiger partial charge in [0, 0.05) is 44.1 Å². The van der Waals surface area contributed by atoms with Gasteiger partial charge in [-0.1, -0.05) is 0 Å². The molecule has 6 nitrogen and oxygen atoms in total. The molecule has 22 heavy (non-hydrogen) atoms. The first-order valence-electron chi connectivity index (χ1n) is 7.34. The van der Waals surface area contributed by atoms with Crippen molar-refractivity contribution in [2.24, 2.45) is 4.99 Å². The number of rotatable bonds is 8. The van der Waals surface area contributed by atoms with E-state index in [1.807, 2.05) is 29.1 Å². The molecule has 124 valence electrons. The molecule has 2 N–H and O–H groups in total. The van der Waals surface area contributed by atoms with Gasteiger partial charge in [-0.3, -0.25) is 4.40 Å². The molecule has 0 fully saturated rings. The monoisotopic (exact) mass is 437 g/mol. The number of imidazole rings is 1. The van der Waals surface area contributed by atoms with Gasteiger partial charge in [-0.05, 0) is 20.3 Å². The summed E-state index contributed by atoms with van der Waals surface area (Å²) in [5, 5.41) is 8.57. The molecular formula is C14H24IN5OS. The van der Waals surface area contributed by atoms with Gasteiger partial charge in [-0.25, -0.2) is 9.98 Å². The highest BCUT2D eigenvalue weighted by atomic mass is 127. The van der Waals surface area contributed by atoms with Gasteiger partial charge >= 0.3 is 0 Å². The van der Waals surface area contributed by atoms with Crippen LogP contribution in [0.15, 0.2) is 22.8 Å². The number of guanidine groups is 1. The highest BCUT2D eigenvalue weighted by Gasteiger charge is 2.02. The Kier molecular flexibility index (Phi) is 9.41. The Balaban J connectivity index is 0.00000242. The highest BCUT2D eigenvalue weighted by Crippen LogP contribution is 2.11. The summed E-state index contributed by atoms with van der Waals surface area (Å²) in [5.41, 5.74) is 0.980. The van der Waals surface area contributed by atoms with Crippen molar-refractivity contribution in [1.29, 1.82) is 0 Å². The van der Waals surface area contributed by atoms with Gasteiger partial charge in [0.25, 0.3) is 0 Å². The van der Waals surface area contributed by atoms with E-state index in [-0.39, 0.29) is 24.0 Å². The lowest BCUT2D eigenvalue weighted by atomic mass is 10.4. The van der Waals surface area contributed by atoms with Crippen LogP contribution in [0.1, 0.15) is 26.0 Å². The van der Waals surface area contributed by atoms with E-state index < -0.39 is 0 Å². The van der Waals surface area contributed by atoms with Gasteiger partial charge in [0.1, 0.15) is 0 Å². The smallest absolute Gasteiger partial charge is 0.193 e. The molecule has 0 aromatic carbocycles. The maximum Gasteiger partial charge on any atom is 0.193 e. The minimum atomic E-state index is 0. The lowest BCUT2D eigenvalue weighted by Crippen LogP contribution is -2.38. The van der Waals surface area contributed by atoms with Crippen LogP contribution in [-0.4, -0.2) is 41.6 Å². The Morgan fingerprint density at radius 2 is 2.27 bits per heavy atom. The van der Waals surface area contributed by atoms with E-state index in [1.165, 1.54) is 0 Å². The Labute approximate surface area is 152 Å². The average Bonchev–Trinajstić information content (AvgIpc) is 3.05. The molecule has 0 bridgehead atoms. The Morgan fingerprint density at radius 1 is 1.41 bits per heavy atom. The van der Waals surface area contributed by atoms with Crippen molar-refractivity contribution in [2.75, 3.05) is 26.3 Å². The van der Waals surface area contributed by atoms with Crippen LogP contribution in [0.25, 0.3) is 4.96 Å². The first-order valence-corrected chi connectivity index (χ1v) is 8.22. The van der Waals surface area contributed by atoms with Gasteiger partial charge in [-0.15, -0.1) is 35.3 Å². The zero-order valence-electron chi connectivity index (χ0n) is 13.0. The number of nitrogens with zero attached hydrogens (tertiary/aromatic N) is 3. The second-order valence-electron chi connectivity index (χ2n) is 4.50. The molecule has 0 unspecified atom stereocenters. The molecule has 2 heterocycles. The van der Waals surface area contributed by atoms with Crippen molar-refractivity contribution in [3.63, 3.8) is 0 Å². The topological polar surface area (TPSA) is 63.0 Å². The normalized spacial score (nSPS) is 11.5. The second kappa shape index (κ2) is 10.8. The Hall–Kier alpha value is -0.870. The van der Waals surface area contributed by atoms with Crippen molar-refractivity contribution in [3.05, 3.63) is 23.5 Å². The summed E-state index contributed by atoms with van der Waals surface area (Å²) in [6, 6.07) is 0. The molecule has 2 aromatic rings. The predicted octanol–water partition coefficient (Wildman–Crippen LogP) is 2.50. The molecule has 0 aliphatic rings. The summed E-state index contributed by atoms with van der Waals surface area (Å²) < 4.78 is 7.34. The highest BCUT2D eigenvalue weighted by molar-refractivity contribution is 14.0. The van der Waals surface area contributed by atoms with Gasteiger partial charge in [0.15, 0.2) is 10.9 Å². The quantitative estimate of drug-likeness (QED) is 0.288. The van der Waals surface area contributed by atoms with Crippen LogP contribution < -0.4 is 10.6 Å². The molecule has 0 spiro atoms. The standard InChI is InChI=1S/C14H23N5OS.HI/c1-3-15-13(16-6-5-8-20-4-2)17-10-12-11-19-7-9-21-14(19)18-12;/h7,9,11H,3-6,8,10H2,1-2H3,(H2,15,16,17);1H. The predicted molar refractivity (Wildman–Crippen MR) is 102 cm³/mol. The Morgan fingerprint density at radius 3 is 3.00 bits per heavy atom. The first kappa shape index (κ1) is 19.2. The summed E-state index contributed by atoms with van der Waals surface area (Å²) in [6.45, 7) is 7.89. The third-order valence-corrected chi connectivity index (χ3v) is 3.62. The summed E-state index contributed by atoms with van der Waals surface area (Å²) in [7, 11) is 0. The number of hydrogen-bond donors (Lipinski definition) is 2. The van der Waals surface area contributed by atoms with Crippen LogP contribution in [0.4, 0.5) is 0 Å². The van der Waals surface area contributed by atoms with Crippen molar-refractivity contribution in [3.8, 4) is 0 Å². The number of ether oxygens (including phenoxy) is 1. The number of aliphatic imine (C=N–C) groups is 1. The number of nitrogens with one attached hydrogen (secondary N) is 2. The molecule has 0 aliphatic carbocycles. The summed E-state index contributed by atoms with van der Waals surface area (Å²) in [6.07, 6.45) is 5.00. The van der Waals surface area contributed by atoms with E-state index in [4.69, 9.17) is 4.74 Å². The fraction of sp³-hybridized carbons (Fsp3) is 0.571. The minimum absolute atomic E-state index is 0. The van der Waals surface area contributed by atoms with Crippen molar-refractivity contribution >= 4 is 46.2 Å². The van der Waals surface area contributed by atoms with Gasteiger partial charge in [0.2, 0.25) is 0 Å². The van der Waals surface area contributed by atoms with Gasteiger partial charge in [0.05, 0.1) is 12.2 Å². The summed E-state index contributed by atoms with van der Waals surface area (Å²) >= 11 is 1.63. The number of thiazole rings is 1. The van der Waals surface area contributed by atoms with Crippen LogP contribution in [0.3, 0.4) is 0 Å². The van der Waals surface area contributed by atoms with Crippen LogP contribution >= 0.6 is 35.3 Å². The SMILES string of the molecule is CCNC(=NCc1cn2ccsc2n1)NCCCOCC.I. The van der Waals surface area contributed by atoms with E-state index in [0.717, 1.165) is 49.3 Å². The molecule has 0 saturated heterocycles. The molecule has 8 heteroatoms. The number of hydrogen-bond acceptors (Lipinski definition) is 4. The van der Waals surface area contributed by atoms with E-state index in [1.54, 1.807) is 11.3 Å². The fourth-order valence-corrected chi connectivity index (χ4v) is 2.60. The maximum atomic E-state index is 5.32. The molecule has 2 rings (SSSR count). The molecule has 0 amide bonds. The summed E-state index contributed by atoms with van der Waals surface area (Å²) in [5.74, 6) is 0.824. The van der Waals surface area contributed by atoms with Crippen LogP contribution in [0, 0.1) is 0 Å². The Bertz CT molecular complexity index is 540. The molecule has 0 aliphatic heterocycles. The summed E-state index contributed by atoms with van der Waals surface area (Å²) in [4.78, 5) is 10.1. The molecule has 0 atom stereocenters. The zero-order valence-corrected chi connectivity index (χ0v) is 16.2. The molecular weight excluding hydrogens is 413 g/mol. The van der Waals surface area contributed by atoms with E-state index in [0.29, 0.717) is 6.54 Å². The number of aromatic nitrogens is 2. The third kappa shape index (κ3) is 6.09.